The Morgan fingerprint density at radius 3 is 2.65 bits per heavy atom. The van der Waals surface area contributed by atoms with E-state index in [2.05, 4.69) is 5.32 Å². The summed E-state index contributed by atoms with van der Waals surface area (Å²) >= 11 is 0. The summed E-state index contributed by atoms with van der Waals surface area (Å²) in [7, 11) is 0. The number of amides is 1. The van der Waals surface area contributed by atoms with Crippen molar-refractivity contribution in [3.63, 3.8) is 0 Å². The van der Waals surface area contributed by atoms with Gasteiger partial charge in [-0.3, -0.25) is 14.5 Å². The number of likely N-dealkylation sites (tertiary alicyclic amines) is 1. The first-order valence-corrected chi connectivity index (χ1v) is 7.42. The molecule has 0 aromatic rings. The number of aliphatic carboxylic acids is 1. The molecule has 114 valence electrons. The van der Waals surface area contributed by atoms with E-state index in [1.807, 2.05) is 6.92 Å². The monoisotopic (exact) mass is 284 g/mol. The normalized spacial score (nSPS) is 29.1. The molecule has 0 saturated carbocycles. The number of hydrogen-bond donors (Lipinski definition) is 2. The summed E-state index contributed by atoms with van der Waals surface area (Å²) in [4.78, 5) is 25.2. The Labute approximate surface area is 119 Å². The number of piperidine rings is 1. The van der Waals surface area contributed by atoms with Crippen LogP contribution in [0.3, 0.4) is 0 Å². The van der Waals surface area contributed by atoms with Crippen molar-refractivity contribution in [3.8, 4) is 0 Å². The molecule has 2 rings (SSSR count). The van der Waals surface area contributed by atoms with E-state index >= 15 is 0 Å². The highest BCUT2D eigenvalue weighted by molar-refractivity contribution is 5.80. The standard InChI is InChI=1S/C14H24N2O4/c1-10-3-2-6-16(13(10)14(18)19)9-12(17)15-11-4-7-20-8-5-11/h10-11,13H,2-9H2,1H3,(H,15,17)(H,18,19). The van der Waals surface area contributed by atoms with Gasteiger partial charge in [0.15, 0.2) is 0 Å². The third-order valence-electron chi connectivity index (χ3n) is 4.22. The predicted octanol–water partition coefficient (Wildman–Crippen LogP) is 0.467. The van der Waals surface area contributed by atoms with Gasteiger partial charge in [0.25, 0.3) is 0 Å². The molecule has 6 nitrogen and oxygen atoms in total. The maximum atomic E-state index is 12.1. The number of carbonyl (C=O) groups is 2. The van der Waals surface area contributed by atoms with Crippen molar-refractivity contribution < 1.29 is 19.4 Å². The van der Waals surface area contributed by atoms with E-state index in [4.69, 9.17) is 4.74 Å². The van der Waals surface area contributed by atoms with Crippen LogP contribution in [0.5, 0.6) is 0 Å². The van der Waals surface area contributed by atoms with Gasteiger partial charge in [0.05, 0.1) is 6.54 Å². The summed E-state index contributed by atoms with van der Waals surface area (Å²) in [6.07, 6.45) is 3.54. The maximum Gasteiger partial charge on any atom is 0.321 e. The summed E-state index contributed by atoms with van der Waals surface area (Å²) in [6.45, 7) is 4.18. The molecule has 0 spiro atoms. The van der Waals surface area contributed by atoms with Gasteiger partial charge in [0, 0.05) is 19.3 Å². The quantitative estimate of drug-likeness (QED) is 0.784. The Kier molecular flexibility index (Phi) is 5.37. The molecule has 2 heterocycles. The molecule has 2 fully saturated rings. The van der Waals surface area contributed by atoms with Crippen LogP contribution in [0.2, 0.25) is 0 Å². The highest BCUT2D eigenvalue weighted by Crippen LogP contribution is 2.23. The molecule has 0 aliphatic carbocycles. The van der Waals surface area contributed by atoms with E-state index in [-0.39, 0.29) is 24.4 Å². The first-order valence-electron chi connectivity index (χ1n) is 7.42. The first kappa shape index (κ1) is 15.3. The van der Waals surface area contributed by atoms with Gasteiger partial charge in [-0.05, 0) is 38.1 Å². The summed E-state index contributed by atoms with van der Waals surface area (Å²) in [5.41, 5.74) is 0. The lowest BCUT2D eigenvalue weighted by atomic mass is 9.91. The minimum Gasteiger partial charge on any atom is -0.480 e. The van der Waals surface area contributed by atoms with Crippen LogP contribution in [0.4, 0.5) is 0 Å². The van der Waals surface area contributed by atoms with Crippen LogP contribution in [-0.2, 0) is 14.3 Å². The summed E-state index contributed by atoms with van der Waals surface area (Å²) in [5.74, 6) is -0.801. The number of nitrogens with zero attached hydrogens (tertiary/aromatic N) is 1. The van der Waals surface area contributed by atoms with E-state index in [1.165, 1.54) is 0 Å². The Bertz CT molecular complexity index is 355. The van der Waals surface area contributed by atoms with Crippen LogP contribution in [-0.4, -0.2) is 60.3 Å². The second-order valence-electron chi connectivity index (χ2n) is 5.83. The number of rotatable bonds is 4. The lowest BCUT2D eigenvalue weighted by Gasteiger charge is -2.37. The molecular formula is C14H24N2O4. The lowest BCUT2D eigenvalue weighted by Crippen LogP contribution is -2.53. The average Bonchev–Trinajstić information content (AvgIpc) is 2.39. The molecule has 0 aromatic carbocycles. The van der Waals surface area contributed by atoms with Crippen molar-refractivity contribution in [2.24, 2.45) is 5.92 Å². The van der Waals surface area contributed by atoms with E-state index in [9.17, 15) is 14.7 Å². The molecule has 1 amide bonds. The molecule has 20 heavy (non-hydrogen) atoms. The number of carbonyl (C=O) groups excluding carboxylic acids is 1. The first-order chi connectivity index (χ1) is 9.58. The minimum atomic E-state index is -0.823. The lowest BCUT2D eigenvalue weighted by molar-refractivity contribution is -0.147. The Hall–Kier alpha value is -1.14. The summed E-state index contributed by atoms with van der Waals surface area (Å²) in [6, 6.07) is -0.370. The summed E-state index contributed by atoms with van der Waals surface area (Å²) in [5, 5.41) is 12.3. The number of hydrogen-bond acceptors (Lipinski definition) is 4. The van der Waals surface area contributed by atoms with E-state index in [1.54, 1.807) is 4.90 Å². The van der Waals surface area contributed by atoms with Gasteiger partial charge in [0.1, 0.15) is 6.04 Å². The van der Waals surface area contributed by atoms with Gasteiger partial charge in [-0.1, -0.05) is 6.92 Å². The number of nitrogens with one attached hydrogen (secondary N) is 1. The van der Waals surface area contributed by atoms with Gasteiger partial charge in [0.2, 0.25) is 5.91 Å². The van der Waals surface area contributed by atoms with Crippen LogP contribution in [0.15, 0.2) is 0 Å². The van der Waals surface area contributed by atoms with Crippen LogP contribution < -0.4 is 5.32 Å². The van der Waals surface area contributed by atoms with Crippen LogP contribution in [0.25, 0.3) is 0 Å². The molecule has 2 aliphatic rings. The molecule has 0 radical (unpaired) electrons. The molecule has 2 aliphatic heterocycles. The largest absolute Gasteiger partial charge is 0.480 e. The highest BCUT2D eigenvalue weighted by atomic mass is 16.5. The Balaban J connectivity index is 1.86. The van der Waals surface area contributed by atoms with Crippen molar-refractivity contribution in [1.29, 1.82) is 0 Å². The van der Waals surface area contributed by atoms with Crippen molar-refractivity contribution >= 4 is 11.9 Å². The maximum absolute atomic E-state index is 12.1. The molecule has 2 N–H and O–H groups in total. The fourth-order valence-electron chi connectivity index (χ4n) is 3.15. The highest BCUT2D eigenvalue weighted by Gasteiger charge is 2.35. The Morgan fingerprint density at radius 2 is 2.00 bits per heavy atom. The zero-order valence-electron chi connectivity index (χ0n) is 12.0. The second-order valence-corrected chi connectivity index (χ2v) is 5.83. The predicted molar refractivity (Wildman–Crippen MR) is 73.4 cm³/mol. The zero-order valence-corrected chi connectivity index (χ0v) is 12.0. The average molecular weight is 284 g/mol. The van der Waals surface area contributed by atoms with Crippen LogP contribution in [0, 0.1) is 5.92 Å². The molecule has 2 saturated heterocycles. The SMILES string of the molecule is CC1CCCN(CC(=O)NC2CCOCC2)C1C(=O)O. The van der Waals surface area contributed by atoms with Crippen molar-refractivity contribution in [1.82, 2.24) is 10.2 Å². The van der Waals surface area contributed by atoms with Crippen LogP contribution >= 0.6 is 0 Å². The zero-order chi connectivity index (χ0) is 14.5. The van der Waals surface area contributed by atoms with Gasteiger partial charge < -0.3 is 15.2 Å². The minimum absolute atomic E-state index is 0.0720. The van der Waals surface area contributed by atoms with Crippen molar-refractivity contribution in [2.75, 3.05) is 26.3 Å². The topological polar surface area (TPSA) is 78.9 Å². The fraction of sp³-hybridized carbons (Fsp3) is 0.857. The number of ether oxygens (including phenoxy) is 1. The van der Waals surface area contributed by atoms with Crippen LogP contribution in [0.1, 0.15) is 32.6 Å². The summed E-state index contributed by atoms with van der Waals surface area (Å²) < 4.78 is 5.25. The van der Waals surface area contributed by atoms with E-state index in [0.717, 1.165) is 25.7 Å². The third kappa shape index (κ3) is 3.93. The fourth-order valence-corrected chi connectivity index (χ4v) is 3.15. The number of carboxylic acid groups (broad SMARTS) is 1. The molecule has 0 bridgehead atoms. The third-order valence-corrected chi connectivity index (χ3v) is 4.22. The van der Waals surface area contributed by atoms with Crippen molar-refractivity contribution in [3.05, 3.63) is 0 Å². The van der Waals surface area contributed by atoms with Gasteiger partial charge >= 0.3 is 5.97 Å². The van der Waals surface area contributed by atoms with Gasteiger partial charge in [-0.2, -0.15) is 0 Å². The molecular weight excluding hydrogens is 260 g/mol. The van der Waals surface area contributed by atoms with Crippen molar-refractivity contribution in [2.45, 2.75) is 44.7 Å². The van der Waals surface area contributed by atoms with Gasteiger partial charge in [-0.15, -0.1) is 0 Å². The Morgan fingerprint density at radius 1 is 1.30 bits per heavy atom. The molecule has 2 atom stereocenters. The second kappa shape index (κ2) is 7.04. The molecule has 0 aromatic heterocycles. The smallest absolute Gasteiger partial charge is 0.321 e. The van der Waals surface area contributed by atoms with E-state index < -0.39 is 12.0 Å². The number of carboxylic acids is 1. The molecule has 6 heteroatoms. The van der Waals surface area contributed by atoms with Gasteiger partial charge in [-0.25, -0.2) is 0 Å². The molecule has 2 unspecified atom stereocenters. The van der Waals surface area contributed by atoms with E-state index in [0.29, 0.717) is 19.8 Å².